The van der Waals surface area contributed by atoms with E-state index in [2.05, 4.69) is 20.1 Å². The number of anilines is 2. The first kappa shape index (κ1) is 24.8. The number of pyridine rings is 1. The first-order valence-corrected chi connectivity index (χ1v) is 12.2. The molecule has 1 aromatic heterocycles. The fraction of sp³-hybridized carbons (Fsp3) is 0.423. The number of nitrogens with zero attached hydrogens (tertiary/aromatic N) is 3. The van der Waals surface area contributed by atoms with Gasteiger partial charge in [0, 0.05) is 50.7 Å². The molecule has 9 heteroatoms. The minimum absolute atomic E-state index is 0.201. The molecule has 1 aromatic carbocycles. The van der Waals surface area contributed by atoms with Crippen molar-refractivity contribution in [1.29, 1.82) is 5.41 Å². The molecule has 2 fully saturated rings. The van der Waals surface area contributed by atoms with Crippen molar-refractivity contribution < 1.29 is 13.9 Å². The van der Waals surface area contributed by atoms with Gasteiger partial charge in [-0.3, -0.25) is 9.69 Å². The Balaban J connectivity index is 1.59. The van der Waals surface area contributed by atoms with Crippen molar-refractivity contribution in [1.82, 2.24) is 9.88 Å². The number of benzene rings is 1. The van der Waals surface area contributed by atoms with Crippen LogP contribution in [0.3, 0.4) is 0 Å². The molecule has 0 spiro atoms. The highest BCUT2D eigenvalue weighted by molar-refractivity contribution is 6.08. The van der Waals surface area contributed by atoms with Gasteiger partial charge in [-0.05, 0) is 55.5 Å². The lowest BCUT2D eigenvalue weighted by molar-refractivity contribution is 0.0383. The Bertz CT molecular complexity index is 1080. The number of piperidine rings is 1. The number of nitrogens with two attached hydrogens (primary N) is 1. The molecule has 2 saturated heterocycles. The van der Waals surface area contributed by atoms with Gasteiger partial charge in [0.05, 0.1) is 30.3 Å². The minimum atomic E-state index is -0.391. The summed E-state index contributed by atoms with van der Waals surface area (Å²) >= 11 is 0. The number of nitrogens with one attached hydrogen (secondary N) is 2. The second kappa shape index (κ2) is 11.9. The Morgan fingerprint density at radius 1 is 1.14 bits per heavy atom. The average Bonchev–Trinajstić information content (AvgIpc) is 2.90. The van der Waals surface area contributed by atoms with Gasteiger partial charge in [0.25, 0.3) is 5.91 Å². The predicted octanol–water partition coefficient (Wildman–Crippen LogP) is 3.29. The van der Waals surface area contributed by atoms with Crippen molar-refractivity contribution in [2.75, 3.05) is 56.2 Å². The van der Waals surface area contributed by atoms with E-state index in [-0.39, 0.29) is 11.5 Å². The van der Waals surface area contributed by atoms with Crippen LogP contribution in [0.2, 0.25) is 0 Å². The van der Waals surface area contributed by atoms with Crippen LogP contribution in [-0.2, 0) is 11.2 Å². The third kappa shape index (κ3) is 6.23. The number of allylic oxidation sites excluding steroid dienone is 1. The van der Waals surface area contributed by atoms with Crippen LogP contribution in [0.15, 0.2) is 36.5 Å². The number of hydrogen-bond donors (Lipinski definition) is 3. The third-order valence-corrected chi connectivity index (χ3v) is 6.52. The summed E-state index contributed by atoms with van der Waals surface area (Å²) in [4.78, 5) is 22.0. The van der Waals surface area contributed by atoms with Crippen LogP contribution in [-0.4, -0.2) is 67.9 Å². The predicted molar refractivity (Wildman–Crippen MR) is 137 cm³/mol. The standard InChI is InChI=1S/C26H33FN6O2/c27-21-16-25(33-8-2-1-3-9-33)24(15-19(21)7-10-32-11-13-35-14-12-32)31-26(34)23-6-4-5-22(30-23)20(17-28)18-29/h4-6,15-18,28H,1-3,7-14,29H2,(H,31,34)/b20-18+,28-17?. The molecule has 35 heavy (non-hydrogen) atoms. The number of carbonyl (C=O) groups excluding carboxylic acids is 1. The smallest absolute Gasteiger partial charge is 0.274 e. The van der Waals surface area contributed by atoms with Gasteiger partial charge in [-0.25, -0.2) is 9.37 Å². The summed E-state index contributed by atoms with van der Waals surface area (Å²) < 4.78 is 20.6. The molecule has 0 atom stereocenters. The maximum Gasteiger partial charge on any atom is 0.274 e. The van der Waals surface area contributed by atoms with Crippen molar-refractivity contribution in [3.8, 4) is 0 Å². The van der Waals surface area contributed by atoms with Crippen LogP contribution in [0.1, 0.15) is 41.0 Å². The molecule has 2 aliphatic heterocycles. The molecule has 0 bridgehead atoms. The van der Waals surface area contributed by atoms with Gasteiger partial charge in [0.2, 0.25) is 0 Å². The van der Waals surface area contributed by atoms with Crippen LogP contribution in [0.25, 0.3) is 5.57 Å². The Hall–Kier alpha value is -3.30. The first-order valence-electron chi connectivity index (χ1n) is 12.2. The van der Waals surface area contributed by atoms with E-state index >= 15 is 4.39 Å². The van der Waals surface area contributed by atoms with Gasteiger partial charge in [-0.1, -0.05) is 6.07 Å². The summed E-state index contributed by atoms with van der Waals surface area (Å²) in [6.45, 7) is 5.46. The van der Waals surface area contributed by atoms with E-state index in [0.717, 1.165) is 58.2 Å². The summed E-state index contributed by atoms with van der Waals surface area (Å²) in [6.07, 6.45) is 6.15. The van der Waals surface area contributed by atoms with E-state index in [1.54, 1.807) is 30.3 Å². The largest absolute Gasteiger partial charge is 0.404 e. The number of rotatable bonds is 8. The zero-order valence-corrected chi connectivity index (χ0v) is 19.9. The molecule has 3 heterocycles. The molecule has 2 aliphatic rings. The number of aromatic nitrogens is 1. The van der Waals surface area contributed by atoms with Gasteiger partial charge in [-0.2, -0.15) is 0 Å². The van der Waals surface area contributed by atoms with E-state index in [0.29, 0.717) is 47.8 Å². The third-order valence-electron chi connectivity index (χ3n) is 6.52. The van der Waals surface area contributed by atoms with Gasteiger partial charge in [0.1, 0.15) is 11.5 Å². The highest BCUT2D eigenvalue weighted by atomic mass is 19.1. The van der Waals surface area contributed by atoms with Gasteiger partial charge >= 0.3 is 0 Å². The van der Waals surface area contributed by atoms with Crippen LogP contribution in [0.4, 0.5) is 15.8 Å². The number of amides is 1. The quantitative estimate of drug-likeness (QED) is 0.501. The number of halogens is 1. The van der Waals surface area contributed by atoms with E-state index in [9.17, 15) is 4.79 Å². The van der Waals surface area contributed by atoms with Crippen LogP contribution in [0.5, 0.6) is 0 Å². The van der Waals surface area contributed by atoms with Crippen LogP contribution >= 0.6 is 0 Å². The Labute approximate surface area is 205 Å². The fourth-order valence-corrected chi connectivity index (χ4v) is 4.51. The zero-order valence-electron chi connectivity index (χ0n) is 19.9. The summed E-state index contributed by atoms with van der Waals surface area (Å²) in [5.74, 6) is -0.641. The molecule has 8 nitrogen and oxygen atoms in total. The summed E-state index contributed by atoms with van der Waals surface area (Å²) in [6, 6.07) is 8.34. The van der Waals surface area contributed by atoms with Gasteiger partial charge in [0.15, 0.2) is 0 Å². The molecule has 0 aliphatic carbocycles. The van der Waals surface area contributed by atoms with Crippen LogP contribution < -0.4 is 16.0 Å². The lowest BCUT2D eigenvalue weighted by Gasteiger charge is -2.31. The van der Waals surface area contributed by atoms with Crippen LogP contribution in [0, 0.1) is 11.2 Å². The van der Waals surface area contributed by atoms with Crippen molar-refractivity contribution >= 4 is 29.1 Å². The number of hydrogen-bond acceptors (Lipinski definition) is 7. The summed E-state index contributed by atoms with van der Waals surface area (Å²) in [5.41, 5.74) is 8.50. The Morgan fingerprint density at radius 2 is 1.89 bits per heavy atom. The summed E-state index contributed by atoms with van der Waals surface area (Å²) in [5, 5.41) is 10.5. The van der Waals surface area contributed by atoms with E-state index in [1.165, 1.54) is 6.20 Å². The van der Waals surface area contributed by atoms with Crippen molar-refractivity contribution in [3.63, 3.8) is 0 Å². The number of carbonyl (C=O) groups is 1. The zero-order chi connectivity index (χ0) is 24.6. The van der Waals surface area contributed by atoms with Gasteiger partial charge in [-0.15, -0.1) is 0 Å². The molecule has 0 unspecified atom stereocenters. The van der Waals surface area contributed by atoms with Gasteiger partial charge < -0.3 is 26.1 Å². The fourth-order valence-electron chi connectivity index (χ4n) is 4.51. The molecule has 0 radical (unpaired) electrons. The first-order chi connectivity index (χ1) is 17.1. The molecular weight excluding hydrogens is 447 g/mol. The highest BCUT2D eigenvalue weighted by Gasteiger charge is 2.21. The topological polar surface area (TPSA) is 108 Å². The lowest BCUT2D eigenvalue weighted by Crippen LogP contribution is -2.37. The molecule has 0 saturated carbocycles. The van der Waals surface area contributed by atoms with E-state index in [4.69, 9.17) is 15.9 Å². The number of morpholine rings is 1. The maximum absolute atomic E-state index is 15.2. The SMILES string of the molecule is N=C/C(=C\N)c1cccc(C(=O)Nc2cc(CCN3CCOCC3)c(F)cc2N2CCCCC2)n1. The highest BCUT2D eigenvalue weighted by Crippen LogP contribution is 2.32. The van der Waals surface area contributed by atoms with Crippen molar-refractivity contribution in [2.24, 2.45) is 5.73 Å². The second-order valence-corrected chi connectivity index (χ2v) is 8.84. The van der Waals surface area contributed by atoms with Crippen molar-refractivity contribution in [3.05, 3.63) is 59.3 Å². The number of ether oxygens (including phenoxy) is 1. The monoisotopic (exact) mass is 480 g/mol. The van der Waals surface area contributed by atoms with E-state index < -0.39 is 5.91 Å². The molecule has 186 valence electrons. The molecule has 4 rings (SSSR count). The normalized spacial score (nSPS) is 17.3. The molecule has 2 aromatic rings. The molecule has 4 N–H and O–H groups in total. The maximum atomic E-state index is 15.2. The second-order valence-electron chi connectivity index (χ2n) is 8.84. The Morgan fingerprint density at radius 3 is 2.60 bits per heavy atom. The molecule has 1 amide bonds. The van der Waals surface area contributed by atoms with Crippen molar-refractivity contribution in [2.45, 2.75) is 25.7 Å². The average molecular weight is 481 g/mol. The molecular formula is C26H33FN6O2. The van der Waals surface area contributed by atoms with E-state index in [1.807, 2.05) is 0 Å². The summed E-state index contributed by atoms with van der Waals surface area (Å²) in [7, 11) is 0. The lowest BCUT2D eigenvalue weighted by atomic mass is 10.0. The Kier molecular flexibility index (Phi) is 8.44. The minimum Gasteiger partial charge on any atom is -0.404 e.